The van der Waals surface area contributed by atoms with Crippen LogP contribution < -0.4 is 15.3 Å². The van der Waals surface area contributed by atoms with Gasteiger partial charge in [-0.3, -0.25) is 14.9 Å². The van der Waals surface area contributed by atoms with Gasteiger partial charge in [0, 0.05) is 34.3 Å². The Hall–Kier alpha value is -0.824. The summed E-state index contributed by atoms with van der Waals surface area (Å²) in [5.41, 5.74) is -0.347. The summed E-state index contributed by atoms with van der Waals surface area (Å²) in [5.74, 6) is 0.521. The van der Waals surface area contributed by atoms with Crippen LogP contribution in [0, 0.1) is 5.41 Å². The quantitative estimate of drug-likeness (QED) is 0.218. The molecule has 0 aromatic heterocycles. The van der Waals surface area contributed by atoms with Crippen LogP contribution in [0.1, 0.15) is 44.7 Å². The van der Waals surface area contributed by atoms with E-state index >= 15 is 0 Å². The van der Waals surface area contributed by atoms with Crippen molar-refractivity contribution >= 4 is 71.1 Å². The monoisotopic (exact) mass is 629 g/mol. The van der Waals surface area contributed by atoms with Crippen molar-refractivity contribution in [2.24, 2.45) is 15.4 Å². The third-order valence-electron chi connectivity index (χ3n) is 7.44. The van der Waals surface area contributed by atoms with Crippen molar-refractivity contribution in [2.75, 3.05) is 24.3 Å². The molecule has 1 saturated heterocycles. The first-order chi connectivity index (χ1) is 17.5. The standard InChI is InChI=1S/C27H36N3O4S3.Ga/c1-6-7-8-10-16-11-9-12-19(31)20(16)22-28-17(13-35-22)23-30(5)18(14-36-23)21(32)26(2,3)24-29-27(4,15-37-24)25(33)34;/h6,9,11-12,17-18,21,23,31H,1,7-8,10,13-15H2,2-5H3,(H,33,34);/q-1;+3/p-2/t17-,18+,21-,23-,27-;/m1./s1. The number of unbranched alkanes of at least 4 members (excludes halogenated alkanes) is 1. The fourth-order valence-corrected chi connectivity index (χ4v) is 9.20. The van der Waals surface area contributed by atoms with Crippen molar-refractivity contribution in [3.05, 3.63) is 42.0 Å². The van der Waals surface area contributed by atoms with Crippen molar-refractivity contribution in [1.82, 2.24) is 4.90 Å². The summed E-state index contributed by atoms with van der Waals surface area (Å²) in [6.07, 6.45) is 3.57. The first-order valence-corrected chi connectivity index (χ1v) is 15.6. The molecule has 4 rings (SSSR count). The molecule has 5 atom stereocenters. The summed E-state index contributed by atoms with van der Waals surface area (Å²) in [6.45, 7) is 9.06. The van der Waals surface area contributed by atoms with Gasteiger partial charge in [0.1, 0.15) is 5.54 Å². The molecule has 0 unspecified atom stereocenters. The normalized spacial score (nSPS) is 28.5. The molecule has 0 amide bonds. The van der Waals surface area contributed by atoms with Crippen LogP contribution in [0.25, 0.3) is 0 Å². The van der Waals surface area contributed by atoms with Crippen molar-refractivity contribution in [3.63, 3.8) is 0 Å². The second kappa shape index (κ2) is 12.8. The molecule has 7 nitrogen and oxygen atoms in total. The Kier molecular flexibility index (Phi) is 10.7. The number of allylic oxidation sites excluding steroid dienone is 1. The third kappa shape index (κ3) is 6.24. The van der Waals surface area contributed by atoms with Crippen LogP contribution in [-0.2, 0) is 11.2 Å². The van der Waals surface area contributed by atoms with Gasteiger partial charge in [0.05, 0.1) is 27.5 Å². The molecule has 0 N–H and O–H groups in total. The first-order valence-electron chi connectivity index (χ1n) is 12.5. The number of aliphatic imine (C=N–C) groups is 2. The average Bonchev–Trinajstić information content (AvgIpc) is 3.58. The molecule has 38 heavy (non-hydrogen) atoms. The number of aliphatic carboxylic acids is 1. The maximum Gasteiger partial charge on any atom is 3.00 e. The van der Waals surface area contributed by atoms with Crippen molar-refractivity contribution in [1.29, 1.82) is 0 Å². The smallest absolute Gasteiger partial charge is 0.872 e. The number of carboxylic acids is 1. The second-order valence-corrected chi connectivity index (χ2v) is 13.8. The van der Waals surface area contributed by atoms with E-state index in [-0.39, 0.29) is 48.8 Å². The van der Waals surface area contributed by atoms with E-state index in [0.29, 0.717) is 10.8 Å². The second-order valence-electron chi connectivity index (χ2n) is 10.6. The molecule has 3 aliphatic heterocycles. The Morgan fingerprint density at radius 3 is 2.74 bits per heavy atom. The number of aryl methyl sites for hydroxylation is 1. The van der Waals surface area contributed by atoms with Gasteiger partial charge >= 0.3 is 19.8 Å². The van der Waals surface area contributed by atoms with Crippen LogP contribution >= 0.6 is 35.3 Å². The predicted molar refractivity (Wildman–Crippen MR) is 156 cm³/mol. The van der Waals surface area contributed by atoms with Gasteiger partial charge in [-0.15, -0.1) is 41.9 Å². The van der Waals surface area contributed by atoms with Gasteiger partial charge in [-0.05, 0) is 38.8 Å². The number of likely N-dealkylation sites (N-methyl/N-ethyl adjacent to an activating group) is 1. The van der Waals surface area contributed by atoms with E-state index in [1.165, 1.54) is 11.8 Å². The van der Waals surface area contributed by atoms with Gasteiger partial charge in [-0.1, -0.05) is 50.0 Å². The van der Waals surface area contributed by atoms with Gasteiger partial charge in [0.15, 0.2) is 0 Å². The zero-order valence-corrected chi connectivity index (χ0v) is 27.2. The molecule has 1 aromatic carbocycles. The van der Waals surface area contributed by atoms with Gasteiger partial charge in [0.2, 0.25) is 0 Å². The number of carboxylic acid groups (broad SMARTS) is 1. The summed E-state index contributed by atoms with van der Waals surface area (Å²) in [4.78, 5) is 23.1. The summed E-state index contributed by atoms with van der Waals surface area (Å²) in [7, 11) is 1.98. The van der Waals surface area contributed by atoms with E-state index < -0.39 is 23.0 Å². The maximum atomic E-state index is 13.8. The van der Waals surface area contributed by atoms with E-state index in [9.17, 15) is 20.1 Å². The molecule has 11 heteroatoms. The summed E-state index contributed by atoms with van der Waals surface area (Å²) < 4.78 is 0. The minimum absolute atomic E-state index is 0. The van der Waals surface area contributed by atoms with E-state index in [1.807, 2.05) is 39.1 Å². The van der Waals surface area contributed by atoms with Crippen molar-refractivity contribution in [2.45, 2.75) is 69.1 Å². The molecule has 0 saturated carbocycles. The van der Waals surface area contributed by atoms with Crippen LogP contribution in [0.4, 0.5) is 0 Å². The Morgan fingerprint density at radius 2 is 2.08 bits per heavy atom. The van der Waals surface area contributed by atoms with Gasteiger partial charge in [0.25, 0.3) is 0 Å². The summed E-state index contributed by atoms with van der Waals surface area (Å²) >= 11 is 4.71. The zero-order chi connectivity index (χ0) is 27.0. The average molecular weight is 631 g/mol. The third-order valence-corrected chi connectivity index (χ3v) is 11.6. The molecule has 1 aromatic rings. The van der Waals surface area contributed by atoms with Crippen LogP contribution in [-0.4, -0.2) is 94.2 Å². The molecular weight excluding hydrogens is 596 g/mol. The van der Waals surface area contributed by atoms with Gasteiger partial charge < -0.3 is 20.1 Å². The van der Waals surface area contributed by atoms with Crippen LogP contribution in [0.15, 0.2) is 40.8 Å². The maximum absolute atomic E-state index is 13.8. The summed E-state index contributed by atoms with van der Waals surface area (Å²) in [5, 5.41) is 39.6. The Bertz CT molecular complexity index is 1120. The van der Waals surface area contributed by atoms with Crippen LogP contribution in [0.2, 0.25) is 0 Å². The molecular formula is C27H34GaN3O4S3. The van der Waals surface area contributed by atoms with Crippen LogP contribution in [0.5, 0.6) is 5.75 Å². The number of benzene rings is 1. The molecule has 0 radical (unpaired) electrons. The summed E-state index contributed by atoms with van der Waals surface area (Å²) in [6, 6.07) is 5.18. The topological polar surface area (TPSA) is 114 Å². The molecule has 0 aliphatic carbocycles. The molecule has 1 fully saturated rings. The number of carbonyl (C=O) groups is 1. The predicted octanol–water partition coefficient (Wildman–Crippen LogP) is 1.53. The first kappa shape index (κ1) is 31.7. The fourth-order valence-electron chi connectivity index (χ4n) is 4.98. The minimum atomic E-state index is -1.29. The number of hydrogen-bond acceptors (Lipinski definition) is 10. The Morgan fingerprint density at radius 1 is 1.34 bits per heavy atom. The SMILES string of the molecule is C=CCCCc1cccc([O-])c1C1=N[C@@H]([C@H]2SC[C@@H]([C@@H]([O-])C(C)(C)C3=N[C@@](C)(C(=O)[O-])CS3)N2C)CS1.[Ga+3]. The fraction of sp³-hybridized carbons (Fsp3) is 0.593. The van der Waals surface area contributed by atoms with Gasteiger partial charge in [-0.25, -0.2) is 0 Å². The van der Waals surface area contributed by atoms with Gasteiger partial charge in [-0.2, -0.15) is 0 Å². The Labute approximate surface area is 251 Å². The van der Waals surface area contributed by atoms with E-state index in [1.54, 1.807) is 36.5 Å². The largest absolute Gasteiger partial charge is 3.00 e. The molecule has 3 aliphatic rings. The Balaban J connectivity index is 0.00000400. The number of nitrogens with zero attached hydrogens (tertiary/aromatic N) is 3. The minimum Gasteiger partial charge on any atom is -0.872 e. The number of thioether (sulfide) groups is 3. The number of hydrogen-bond donors (Lipinski definition) is 0. The number of rotatable bonds is 10. The number of carbonyl (C=O) groups excluding carboxylic acids is 1. The molecule has 202 valence electrons. The molecule has 0 bridgehead atoms. The van der Waals surface area contributed by atoms with E-state index in [0.717, 1.165) is 41.2 Å². The zero-order valence-electron chi connectivity index (χ0n) is 22.3. The van der Waals surface area contributed by atoms with Crippen LogP contribution in [0.3, 0.4) is 0 Å². The molecule has 3 heterocycles. The van der Waals surface area contributed by atoms with E-state index in [2.05, 4.69) is 16.5 Å². The van der Waals surface area contributed by atoms with E-state index in [4.69, 9.17) is 4.99 Å². The molecule has 0 spiro atoms. The van der Waals surface area contributed by atoms with Crippen molar-refractivity contribution < 1.29 is 20.1 Å². The van der Waals surface area contributed by atoms with Crippen molar-refractivity contribution in [3.8, 4) is 5.75 Å².